The van der Waals surface area contributed by atoms with Gasteiger partial charge in [0.2, 0.25) is 12.7 Å². The molecule has 0 bridgehead atoms. The Morgan fingerprint density at radius 2 is 1.86 bits per heavy atom. The summed E-state index contributed by atoms with van der Waals surface area (Å²) in [6.07, 6.45) is 2.09. The molecule has 2 heterocycles. The van der Waals surface area contributed by atoms with E-state index in [9.17, 15) is 4.79 Å². The first-order chi connectivity index (χ1) is 13.7. The van der Waals surface area contributed by atoms with E-state index in [4.69, 9.17) is 9.47 Å². The highest BCUT2D eigenvalue weighted by Crippen LogP contribution is 2.33. The van der Waals surface area contributed by atoms with Crippen LogP contribution in [0.3, 0.4) is 0 Å². The van der Waals surface area contributed by atoms with E-state index < -0.39 is 0 Å². The van der Waals surface area contributed by atoms with Crippen LogP contribution in [0.4, 0.5) is 0 Å². The molecule has 0 saturated heterocycles. The number of benzene rings is 2. The van der Waals surface area contributed by atoms with Gasteiger partial charge in [-0.15, -0.1) is 11.3 Å². The van der Waals surface area contributed by atoms with Gasteiger partial charge in [0.15, 0.2) is 11.5 Å². The summed E-state index contributed by atoms with van der Waals surface area (Å²) in [6, 6.07) is 18.3. The maximum absolute atomic E-state index is 12.7. The number of hydrogen-bond acceptors (Lipinski definition) is 4. The van der Waals surface area contributed by atoms with Gasteiger partial charge in [-0.05, 0) is 53.1 Å². The highest BCUT2D eigenvalue weighted by atomic mass is 32.1. The van der Waals surface area contributed by atoms with E-state index in [0.717, 1.165) is 33.9 Å². The lowest BCUT2D eigenvalue weighted by atomic mass is 10.0. The van der Waals surface area contributed by atoms with Gasteiger partial charge in [0.1, 0.15) is 0 Å². The Hall–Kier alpha value is -2.79. The Morgan fingerprint density at radius 3 is 2.61 bits per heavy atom. The van der Waals surface area contributed by atoms with Gasteiger partial charge in [-0.3, -0.25) is 4.79 Å². The molecule has 0 saturated carbocycles. The third-order valence-corrected chi connectivity index (χ3v) is 5.87. The van der Waals surface area contributed by atoms with Crippen LogP contribution in [0.5, 0.6) is 11.5 Å². The molecular weight excluding hydrogens is 370 g/mol. The van der Waals surface area contributed by atoms with Crippen LogP contribution in [0.1, 0.15) is 41.0 Å². The largest absolute Gasteiger partial charge is 0.454 e. The summed E-state index contributed by atoms with van der Waals surface area (Å²) < 4.78 is 10.8. The van der Waals surface area contributed by atoms with E-state index in [2.05, 4.69) is 42.6 Å². The Labute approximate surface area is 169 Å². The maximum atomic E-state index is 12.7. The third kappa shape index (κ3) is 4.20. The van der Waals surface area contributed by atoms with Gasteiger partial charge < -0.3 is 14.8 Å². The molecule has 1 amide bonds. The third-order valence-electron chi connectivity index (χ3n) is 4.93. The van der Waals surface area contributed by atoms with Crippen LogP contribution >= 0.6 is 11.3 Å². The second-order valence-corrected chi connectivity index (χ2v) is 7.78. The Kier molecular flexibility index (Phi) is 5.63. The first-order valence-corrected chi connectivity index (χ1v) is 10.4. The monoisotopic (exact) mass is 393 g/mol. The van der Waals surface area contributed by atoms with E-state index in [1.807, 2.05) is 29.6 Å². The summed E-state index contributed by atoms with van der Waals surface area (Å²) in [7, 11) is 0. The van der Waals surface area contributed by atoms with Crippen LogP contribution in [0.25, 0.3) is 0 Å². The minimum Gasteiger partial charge on any atom is -0.454 e. The van der Waals surface area contributed by atoms with Crippen molar-refractivity contribution in [2.45, 2.75) is 32.2 Å². The SMILES string of the molecule is CCc1ccc([C@@H](NC(=O)CCc2ccc3c(c2)OCO3)c2cccs2)cc1. The smallest absolute Gasteiger partial charge is 0.231 e. The number of hydrogen-bond donors (Lipinski definition) is 1. The lowest BCUT2D eigenvalue weighted by molar-refractivity contribution is -0.121. The van der Waals surface area contributed by atoms with Crippen molar-refractivity contribution in [3.8, 4) is 11.5 Å². The lowest BCUT2D eigenvalue weighted by Crippen LogP contribution is -2.29. The number of aryl methyl sites for hydroxylation is 2. The van der Waals surface area contributed by atoms with E-state index in [1.54, 1.807) is 11.3 Å². The molecule has 0 fully saturated rings. The molecule has 4 nitrogen and oxygen atoms in total. The van der Waals surface area contributed by atoms with Crippen molar-refractivity contribution in [3.05, 3.63) is 81.5 Å². The number of carbonyl (C=O) groups is 1. The average molecular weight is 394 g/mol. The number of fused-ring (bicyclic) bond motifs is 1. The van der Waals surface area contributed by atoms with E-state index in [1.165, 1.54) is 5.56 Å². The molecule has 1 aromatic heterocycles. The number of ether oxygens (including phenoxy) is 2. The summed E-state index contributed by atoms with van der Waals surface area (Å²) in [5.41, 5.74) is 3.47. The topological polar surface area (TPSA) is 47.6 Å². The van der Waals surface area contributed by atoms with Gasteiger partial charge in [-0.2, -0.15) is 0 Å². The predicted octanol–water partition coefficient (Wildman–Crippen LogP) is 4.88. The number of carbonyl (C=O) groups excluding carboxylic acids is 1. The molecule has 28 heavy (non-hydrogen) atoms. The molecule has 0 radical (unpaired) electrons. The molecule has 2 aromatic carbocycles. The van der Waals surface area contributed by atoms with Crippen LogP contribution in [0.15, 0.2) is 60.0 Å². The Morgan fingerprint density at radius 1 is 1.07 bits per heavy atom. The van der Waals surface area contributed by atoms with Crippen LogP contribution in [0, 0.1) is 0 Å². The second kappa shape index (κ2) is 8.48. The first-order valence-electron chi connectivity index (χ1n) is 9.53. The molecule has 1 atom stereocenters. The minimum absolute atomic E-state index is 0.0376. The molecule has 0 unspecified atom stereocenters. The Balaban J connectivity index is 1.43. The van der Waals surface area contributed by atoms with Crippen molar-refractivity contribution in [1.82, 2.24) is 5.32 Å². The minimum atomic E-state index is -0.116. The summed E-state index contributed by atoms with van der Waals surface area (Å²) in [5.74, 6) is 1.56. The number of rotatable bonds is 7. The maximum Gasteiger partial charge on any atom is 0.231 e. The van der Waals surface area contributed by atoms with Crippen LogP contribution in [-0.2, 0) is 17.6 Å². The zero-order valence-electron chi connectivity index (χ0n) is 15.8. The van der Waals surface area contributed by atoms with Crippen molar-refractivity contribution < 1.29 is 14.3 Å². The van der Waals surface area contributed by atoms with Gasteiger partial charge in [-0.25, -0.2) is 0 Å². The quantitative estimate of drug-likeness (QED) is 0.622. The van der Waals surface area contributed by atoms with Crippen molar-refractivity contribution in [2.24, 2.45) is 0 Å². The van der Waals surface area contributed by atoms with Crippen LogP contribution in [0.2, 0.25) is 0 Å². The van der Waals surface area contributed by atoms with Crippen molar-refractivity contribution in [2.75, 3.05) is 6.79 Å². The van der Waals surface area contributed by atoms with Crippen molar-refractivity contribution in [3.63, 3.8) is 0 Å². The molecular formula is C23H23NO3S. The fourth-order valence-electron chi connectivity index (χ4n) is 3.31. The van der Waals surface area contributed by atoms with Crippen LogP contribution in [-0.4, -0.2) is 12.7 Å². The van der Waals surface area contributed by atoms with Crippen LogP contribution < -0.4 is 14.8 Å². The summed E-state index contributed by atoms with van der Waals surface area (Å²) in [5, 5.41) is 5.25. The summed E-state index contributed by atoms with van der Waals surface area (Å²) in [4.78, 5) is 13.8. The molecule has 0 aliphatic carbocycles. The zero-order valence-corrected chi connectivity index (χ0v) is 16.6. The highest BCUT2D eigenvalue weighted by molar-refractivity contribution is 7.10. The molecule has 4 rings (SSSR count). The normalized spacial score (nSPS) is 13.3. The van der Waals surface area contributed by atoms with Crippen molar-refractivity contribution >= 4 is 17.2 Å². The van der Waals surface area contributed by atoms with E-state index in [-0.39, 0.29) is 18.7 Å². The molecule has 3 aromatic rings. The van der Waals surface area contributed by atoms with Gasteiger partial charge in [0.25, 0.3) is 0 Å². The van der Waals surface area contributed by atoms with Gasteiger partial charge >= 0.3 is 0 Å². The molecule has 1 N–H and O–H groups in total. The summed E-state index contributed by atoms with van der Waals surface area (Å²) in [6.45, 7) is 2.41. The molecule has 5 heteroatoms. The fraction of sp³-hybridized carbons (Fsp3) is 0.261. The standard InChI is InChI=1S/C23H23NO3S/c1-2-16-5-9-18(10-6-16)23(21-4-3-13-28-21)24-22(25)12-8-17-7-11-19-20(14-17)27-15-26-19/h3-7,9-11,13-14,23H,2,8,12,15H2,1H3,(H,24,25)/t23-/m1/s1. The van der Waals surface area contributed by atoms with Gasteiger partial charge in [-0.1, -0.05) is 43.3 Å². The highest BCUT2D eigenvalue weighted by Gasteiger charge is 2.18. The first kappa shape index (κ1) is 18.6. The average Bonchev–Trinajstić information content (AvgIpc) is 3.42. The molecule has 0 spiro atoms. The van der Waals surface area contributed by atoms with Gasteiger partial charge in [0, 0.05) is 11.3 Å². The Bertz CT molecular complexity index is 935. The zero-order chi connectivity index (χ0) is 19.3. The van der Waals surface area contributed by atoms with Gasteiger partial charge in [0.05, 0.1) is 6.04 Å². The predicted molar refractivity (Wildman–Crippen MR) is 111 cm³/mol. The number of amides is 1. The second-order valence-electron chi connectivity index (χ2n) is 6.80. The molecule has 1 aliphatic rings. The summed E-state index contributed by atoms with van der Waals surface area (Å²) >= 11 is 1.66. The molecule has 1 aliphatic heterocycles. The number of nitrogens with one attached hydrogen (secondary N) is 1. The van der Waals surface area contributed by atoms with E-state index in [0.29, 0.717) is 12.8 Å². The fourth-order valence-corrected chi connectivity index (χ4v) is 4.11. The van der Waals surface area contributed by atoms with E-state index >= 15 is 0 Å². The molecule has 144 valence electrons. The van der Waals surface area contributed by atoms with Crippen molar-refractivity contribution in [1.29, 1.82) is 0 Å². The number of thiophene rings is 1. The lowest BCUT2D eigenvalue weighted by Gasteiger charge is -2.18.